The molecule has 0 saturated heterocycles. The Morgan fingerprint density at radius 1 is 1.36 bits per heavy atom. The van der Waals surface area contributed by atoms with Crippen LogP contribution >= 0.6 is 0 Å². The van der Waals surface area contributed by atoms with E-state index in [9.17, 15) is 14.4 Å². The molecule has 0 unspecified atom stereocenters. The Morgan fingerprint density at radius 3 is 2.43 bits per heavy atom. The zero-order valence-electron chi connectivity index (χ0n) is 8.03. The predicted octanol–water partition coefficient (Wildman–Crippen LogP) is -0.862. The van der Waals surface area contributed by atoms with E-state index in [4.69, 9.17) is 0 Å². The largest absolute Gasteiger partial charge is 0.469 e. The maximum atomic E-state index is 11.0. The molecular weight excluding hydrogens is 190 g/mol. The molecule has 0 heterocycles. The van der Waals surface area contributed by atoms with Gasteiger partial charge in [0.05, 0.1) is 14.2 Å². The van der Waals surface area contributed by atoms with Crippen LogP contribution in [0.1, 0.15) is 12.8 Å². The highest BCUT2D eigenvalue weighted by Crippen LogP contribution is 2.00. The summed E-state index contributed by atoms with van der Waals surface area (Å²) in [5.74, 6) is -1.07. The molecule has 0 aromatic heterocycles. The van der Waals surface area contributed by atoms with Crippen molar-refractivity contribution in [1.82, 2.24) is 5.32 Å². The first-order chi connectivity index (χ1) is 6.65. The second-order valence-electron chi connectivity index (χ2n) is 2.44. The van der Waals surface area contributed by atoms with Crippen LogP contribution in [0.4, 0.5) is 0 Å². The van der Waals surface area contributed by atoms with Gasteiger partial charge < -0.3 is 14.8 Å². The predicted molar refractivity (Wildman–Crippen MR) is 45.9 cm³/mol. The van der Waals surface area contributed by atoms with E-state index in [0.29, 0.717) is 0 Å². The van der Waals surface area contributed by atoms with Crippen LogP contribution in [0.15, 0.2) is 0 Å². The van der Waals surface area contributed by atoms with Crippen molar-refractivity contribution in [1.29, 1.82) is 0 Å². The lowest BCUT2D eigenvalue weighted by molar-refractivity contribution is -0.144. The van der Waals surface area contributed by atoms with Gasteiger partial charge in [-0.05, 0) is 6.42 Å². The highest BCUT2D eigenvalue weighted by Gasteiger charge is 2.19. The lowest BCUT2D eigenvalue weighted by atomic mass is 10.1. The number of amides is 1. The first-order valence-electron chi connectivity index (χ1n) is 3.93. The van der Waals surface area contributed by atoms with Crippen molar-refractivity contribution in [3.8, 4) is 0 Å². The van der Waals surface area contributed by atoms with Crippen molar-refractivity contribution in [2.24, 2.45) is 0 Å². The van der Waals surface area contributed by atoms with E-state index in [1.807, 2.05) is 0 Å². The van der Waals surface area contributed by atoms with E-state index in [0.717, 1.165) is 0 Å². The Balaban J connectivity index is 4.02. The molecule has 0 fully saturated rings. The molecule has 0 aliphatic carbocycles. The first kappa shape index (κ1) is 12.4. The Bertz CT molecular complexity index is 216. The molecule has 0 bridgehead atoms. The van der Waals surface area contributed by atoms with E-state index >= 15 is 0 Å². The van der Waals surface area contributed by atoms with Crippen LogP contribution in [-0.2, 0) is 23.9 Å². The van der Waals surface area contributed by atoms with Crippen LogP contribution in [0, 0.1) is 0 Å². The van der Waals surface area contributed by atoms with Gasteiger partial charge in [-0.15, -0.1) is 0 Å². The minimum atomic E-state index is -0.850. The summed E-state index contributed by atoms with van der Waals surface area (Å²) >= 11 is 0. The van der Waals surface area contributed by atoms with Crippen molar-refractivity contribution in [2.75, 3.05) is 14.2 Å². The molecular formula is C8H12NO5. The highest BCUT2D eigenvalue weighted by molar-refractivity contribution is 5.79. The first-order valence-corrected chi connectivity index (χ1v) is 3.93. The summed E-state index contributed by atoms with van der Waals surface area (Å²) in [5.41, 5.74) is 0. The summed E-state index contributed by atoms with van der Waals surface area (Å²) in [6.07, 6.45) is 1.54. The molecule has 1 N–H and O–H groups in total. The van der Waals surface area contributed by atoms with Gasteiger partial charge in [-0.1, -0.05) is 0 Å². The Morgan fingerprint density at radius 2 is 2.00 bits per heavy atom. The van der Waals surface area contributed by atoms with Gasteiger partial charge in [0.1, 0.15) is 6.04 Å². The monoisotopic (exact) mass is 202 g/mol. The van der Waals surface area contributed by atoms with Crippen molar-refractivity contribution in [3.63, 3.8) is 0 Å². The number of hydrogen-bond donors (Lipinski definition) is 1. The molecule has 14 heavy (non-hydrogen) atoms. The van der Waals surface area contributed by atoms with Crippen LogP contribution in [0.2, 0.25) is 0 Å². The molecule has 0 spiro atoms. The number of ether oxygens (including phenoxy) is 2. The fourth-order valence-electron chi connectivity index (χ4n) is 0.827. The van der Waals surface area contributed by atoms with Gasteiger partial charge >= 0.3 is 18.3 Å². The second-order valence-corrected chi connectivity index (χ2v) is 2.44. The molecule has 0 aromatic rings. The lowest BCUT2D eigenvalue weighted by Gasteiger charge is -2.11. The van der Waals surface area contributed by atoms with Crippen molar-refractivity contribution < 1.29 is 23.9 Å². The Labute approximate surface area is 81.6 Å². The zero-order valence-corrected chi connectivity index (χ0v) is 8.03. The van der Waals surface area contributed by atoms with Crippen LogP contribution in [0.3, 0.4) is 0 Å². The number of rotatable bonds is 6. The van der Waals surface area contributed by atoms with Crippen molar-refractivity contribution in [3.05, 3.63) is 0 Å². The average molecular weight is 202 g/mol. The van der Waals surface area contributed by atoms with Crippen LogP contribution < -0.4 is 5.32 Å². The number of nitrogens with one attached hydrogen (secondary N) is 1. The normalized spacial score (nSPS) is 11.3. The van der Waals surface area contributed by atoms with Crippen LogP contribution in [0.5, 0.6) is 0 Å². The van der Waals surface area contributed by atoms with Crippen LogP contribution in [0.25, 0.3) is 0 Å². The minimum absolute atomic E-state index is 0.0327. The summed E-state index contributed by atoms with van der Waals surface area (Å²) in [4.78, 5) is 31.7. The summed E-state index contributed by atoms with van der Waals surface area (Å²) in [6.45, 7) is 0. The minimum Gasteiger partial charge on any atom is -0.469 e. The molecule has 1 atom stereocenters. The topological polar surface area (TPSA) is 81.7 Å². The van der Waals surface area contributed by atoms with Gasteiger partial charge in [0.2, 0.25) is 0 Å². The molecule has 6 heteroatoms. The van der Waals surface area contributed by atoms with Crippen molar-refractivity contribution in [2.45, 2.75) is 18.9 Å². The number of methoxy groups -OCH3 is 2. The number of carbonyl (C=O) groups excluding carboxylic acids is 3. The smallest absolute Gasteiger partial charge is 0.328 e. The van der Waals surface area contributed by atoms with E-state index in [1.54, 1.807) is 0 Å². The van der Waals surface area contributed by atoms with Gasteiger partial charge in [-0.25, -0.2) is 4.79 Å². The van der Waals surface area contributed by atoms with E-state index in [-0.39, 0.29) is 12.8 Å². The summed E-state index contributed by atoms with van der Waals surface area (Å²) in [7, 11) is 2.44. The standard InChI is InChI=1S/C8H12NO5/c1-13-7(11)4-3-6(9-5-10)8(12)14-2/h6H,3-4H2,1-2H3,(H,9,10)/t6-/m0/s1. The van der Waals surface area contributed by atoms with Gasteiger partial charge in [0.15, 0.2) is 0 Å². The van der Waals surface area contributed by atoms with Gasteiger partial charge in [0, 0.05) is 6.42 Å². The third kappa shape index (κ3) is 4.44. The Kier molecular flexibility index (Phi) is 6.09. The SMILES string of the molecule is COC(=O)CC[C@H](N[C]=O)C(=O)OC. The maximum Gasteiger partial charge on any atom is 0.328 e. The molecule has 0 aliphatic heterocycles. The summed E-state index contributed by atoms with van der Waals surface area (Å²) < 4.78 is 8.77. The number of hydrogen-bond acceptors (Lipinski definition) is 5. The highest BCUT2D eigenvalue weighted by atomic mass is 16.5. The molecule has 79 valence electrons. The third-order valence-corrected chi connectivity index (χ3v) is 1.58. The molecule has 1 radical (unpaired) electrons. The Hall–Kier alpha value is -1.59. The third-order valence-electron chi connectivity index (χ3n) is 1.58. The van der Waals surface area contributed by atoms with E-state index in [2.05, 4.69) is 14.8 Å². The average Bonchev–Trinajstić information content (AvgIpc) is 2.22. The molecule has 0 aromatic carbocycles. The number of esters is 2. The second kappa shape index (κ2) is 6.88. The molecule has 0 rings (SSSR count). The molecule has 6 nitrogen and oxygen atoms in total. The lowest BCUT2D eigenvalue weighted by Crippen LogP contribution is -2.37. The van der Waals surface area contributed by atoms with Gasteiger partial charge in [-0.3, -0.25) is 9.59 Å². The van der Waals surface area contributed by atoms with E-state index in [1.165, 1.54) is 20.6 Å². The zero-order chi connectivity index (χ0) is 11.0. The number of carbonyl (C=O) groups is 2. The molecule has 0 aliphatic rings. The fourth-order valence-corrected chi connectivity index (χ4v) is 0.827. The quantitative estimate of drug-likeness (QED) is 0.447. The fraction of sp³-hybridized carbons (Fsp3) is 0.625. The van der Waals surface area contributed by atoms with Gasteiger partial charge in [0.25, 0.3) is 0 Å². The molecule has 1 amide bonds. The molecule has 0 saturated carbocycles. The summed E-state index contributed by atoms with van der Waals surface area (Å²) in [5, 5.41) is 2.12. The maximum absolute atomic E-state index is 11.0. The summed E-state index contributed by atoms with van der Waals surface area (Å²) in [6, 6.07) is -0.850. The van der Waals surface area contributed by atoms with Crippen LogP contribution in [-0.4, -0.2) is 38.6 Å². The van der Waals surface area contributed by atoms with Crippen molar-refractivity contribution >= 4 is 18.3 Å². The van der Waals surface area contributed by atoms with E-state index < -0.39 is 18.0 Å². The van der Waals surface area contributed by atoms with Gasteiger partial charge in [-0.2, -0.15) is 0 Å².